The lowest BCUT2D eigenvalue weighted by molar-refractivity contribution is 0.117. The van der Waals surface area contributed by atoms with Crippen LogP contribution in [0.1, 0.15) is 37.3 Å². The highest BCUT2D eigenvalue weighted by atomic mass is 32.2. The maximum atomic E-state index is 5.73. The fourth-order valence-corrected chi connectivity index (χ4v) is 2.73. The van der Waals surface area contributed by atoms with Crippen molar-refractivity contribution in [1.82, 2.24) is 0 Å². The van der Waals surface area contributed by atoms with Gasteiger partial charge in [0.2, 0.25) is 0 Å². The maximum Gasteiger partial charge on any atom is 0.180 e. The van der Waals surface area contributed by atoms with Crippen molar-refractivity contribution in [3.8, 4) is 0 Å². The molecule has 0 spiro atoms. The average molecular weight is 305 g/mol. The van der Waals surface area contributed by atoms with Crippen LogP contribution < -0.4 is 5.73 Å². The van der Waals surface area contributed by atoms with Gasteiger partial charge in [0.25, 0.3) is 0 Å². The third kappa shape index (κ3) is 5.89. The first-order valence-corrected chi connectivity index (χ1v) is 8.43. The van der Waals surface area contributed by atoms with E-state index in [4.69, 9.17) is 10.5 Å². The molecule has 0 aromatic heterocycles. The van der Waals surface area contributed by atoms with E-state index in [0.717, 1.165) is 43.8 Å². The number of hydrogen-bond donors (Lipinski definition) is 1. The Kier molecular flexibility index (Phi) is 6.76. The van der Waals surface area contributed by atoms with Crippen LogP contribution in [-0.4, -0.2) is 23.2 Å². The van der Waals surface area contributed by atoms with Crippen LogP contribution in [0.3, 0.4) is 0 Å². The summed E-state index contributed by atoms with van der Waals surface area (Å²) in [6, 6.07) is 8.59. The van der Waals surface area contributed by atoms with Crippen LogP contribution in [-0.2, 0) is 17.8 Å². The third-order valence-corrected chi connectivity index (χ3v) is 4.20. The number of benzene rings is 1. The fraction of sp³-hybridized carbons (Fsp3) is 0.500. The molecule has 1 aromatic carbocycles. The molecule has 0 fully saturated rings. The van der Waals surface area contributed by atoms with Gasteiger partial charge >= 0.3 is 0 Å². The summed E-state index contributed by atoms with van der Waals surface area (Å²) in [7, 11) is 0. The van der Waals surface area contributed by atoms with Gasteiger partial charge in [0, 0.05) is 12.4 Å². The highest BCUT2D eigenvalue weighted by Crippen LogP contribution is 2.12. The first kappa shape index (κ1) is 16.0. The zero-order valence-electron chi connectivity index (χ0n) is 12.5. The van der Waals surface area contributed by atoms with Gasteiger partial charge in [-0.1, -0.05) is 43.0 Å². The molecule has 5 heteroatoms. The lowest BCUT2D eigenvalue weighted by atomic mass is 10.1. The minimum atomic E-state index is 0.566. The number of nitrogens with two attached hydrogens (primary N) is 1. The fourth-order valence-electron chi connectivity index (χ4n) is 2.12. The van der Waals surface area contributed by atoms with Crippen molar-refractivity contribution in [3.63, 3.8) is 0 Å². The molecule has 1 heterocycles. The van der Waals surface area contributed by atoms with E-state index < -0.39 is 0 Å². The molecule has 21 heavy (non-hydrogen) atoms. The summed E-state index contributed by atoms with van der Waals surface area (Å²) in [4.78, 5) is 0. The SMILES string of the molecule is CCc1cccc(COCCCCC2=NN=C(N)SC2)c1. The quantitative estimate of drug-likeness (QED) is 0.749. The number of aryl methyl sites for hydroxylation is 1. The van der Waals surface area contributed by atoms with Gasteiger partial charge in [-0.15, -0.1) is 5.10 Å². The molecule has 0 aliphatic carbocycles. The number of ether oxygens (including phenoxy) is 1. The van der Waals surface area contributed by atoms with Crippen LogP contribution in [0.4, 0.5) is 0 Å². The summed E-state index contributed by atoms with van der Waals surface area (Å²) in [6.07, 6.45) is 4.19. The smallest absolute Gasteiger partial charge is 0.180 e. The van der Waals surface area contributed by atoms with E-state index in [2.05, 4.69) is 41.4 Å². The molecular weight excluding hydrogens is 282 g/mol. The molecule has 0 saturated carbocycles. The normalized spacial score (nSPS) is 14.7. The molecular formula is C16H23N3OS. The Morgan fingerprint density at radius 1 is 1.24 bits per heavy atom. The van der Waals surface area contributed by atoms with Gasteiger partial charge in [0.1, 0.15) is 0 Å². The lowest BCUT2D eigenvalue weighted by Crippen LogP contribution is -2.15. The van der Waals surface area contributed by atoms with Gasteiger partial charge in [-0.3, -0.25) is 0 Å². The first-order valence-electron chi connectivity index (χ1n) is 7.45. The van der Waals surface area contributed by atoms with Crippen molar-refractivity contribution < 1.29 is 4.74 Å². The van der Waals surface area contributed by atoms with E-state index in [1.807, 2.05) is 0 Å². The van der Waals surface area contributed by atoms with Crippen LogP contribution in [0.2, 0.25) is 0 Å². The Bertz CT molecular complexity index is 514. The summed E-state index contributed by atoms with van der Waals surface area (Å²) in [6.45, 7) is 3.66. The minimum Gasteiger partial charge on any atom is -0.377 e. The topological polar surface area (TPSA) is 60.0 Å². The zero-order chi connectivity index (χ0) is 14.9. The number of nitrogens with zero attached hydrogens (tertiary/aromatic N) is 2. The zero-order valence-corrected chi connectivity index (χ0v) is 13.4. The van der Waals surface area contributed by atoms with E-state index in [9.17, 15) is 0 Å². The number of thioether (sulfide) groups is 1. The van der Waals surface area contributed by atoms with Crippen LogP contribution in [0.5, 0.6) is 0 Å². The molecule has 1 aliphatic rings. The molecule has 4 nitrogen and oxygen atoms in total. The highest BCUT2D eigenvalue weighted by molar-refractivity contribution is 8.14. The third-order valence-electron chi connectivity index (χ3n) is 3.35. The summed E-state index contributed by atoms with van der Waals surface area (Å²) >= 11 is 1.56. The number of unbranched alkanes of at least 4 members (excludes halogenated alkanes) is 1. The molecule has 1 aliphatic heterocycles. The highest BCUT2D eigenvalue weighted by Gasteiger charge is 2.07. The molecule has 0 bridgehead atoms. The van der Waals surface area contributed by atoms with E-state index >= 15 is 0 Å². The van der Waals surface area contributed by atoms with E-state index in [1.54, 1.807) is 11.8 Å². The standard InChI is InChI=1S/C16H23N3OS/c1-2-13-6-5-7-14(10-13)11-20-9-4-3-8-15-12-21-16(17)19-18-15/h5-7,10H,2-4,8-9,11-12H2,1H3,(H2,17,19). The van der Waals surface area contributed by atoms with Crippen molar-refractivity contribution in [2.45, 2.75) is 39.2 Å². The molecule has 0 unspecified atom stereocenters. The first-order chi connectivity index (χ1) is 10.3. The molecule has 1 aromatic rings. The van der Waals surface area contributed by atoms with Crippen LogP contribution in [0, 0.1) is 0 Å². The van der Waals surface area contributed by atoms with Crippen molar-refractivity contribution in [1.29, 1.82) is 0 Å². The van der Waals surface area contributed by atoms with Crippen molar-refractivity contribution in [2.75, 3.05) is 12.4 Å². The van der Waals surface area contributed by atoms with Gasteiger partial charge in [0.15, 0.2) is 5.17 Å². The molecule has 114 valence electrons. The van der Waals surface area contributed by atoms with Gasteiger partial charge in [-0.25, -0.2) is 0 Å². The molecule has 0 atom stereocenters. The van der Waals surface area contributed by atoms with Gasteiger partial charge in [-0.2, -0.15) is 5.10 Å². The van der Waals surface area contributed by atoms with Gasteiger partial charge in [-0.05, 0) is 36.8 Å². The Morgan fingerprint density at radius 3 is 2.86 bits per heavy atom. The molecule has 0 radical (unpaired) electrons. The Labute approximate surface area is 130 Å². The minimum absolute atomic E-state index is 0.566. The molecule has 0 amide bonds. The van der Waals surface area contributed by atoms with E-state index in [1.165, 1.54) is 11.1 Å². The Balaban J connectivity index is 1.58. The van der Waals surface area contributed by atoms with E-state index in [0.29, 0.717) is 11.8 Å². The molecule has 2 rings (SSSR count). The maximum absolute atomic E-state index is 5.73. The summed E-state index contributed by atoms with van der Waals surface area (Å²) in [5.41, 5.74) is 9.30. The predicted molar refractivity (Wildman–Crippen MR) is 90.8 cm³/mol. The second kappa shape index (κ2) is 8.85. The van der Waals surface area contributed by atoms with E-state index in [-0.39, 0.29) is 0 Å². The van der Waals surface area contributed by atoms with Crippen LogP contribution in [0.15, 0.2) is 34.5 Å². The molecule has 0 saturated heterocycles. The van der Waals surface area contributed by atoms with Crippen LogP contribution >= 0.6 is 11.8 Å². The number of rotatable bonds is 8. The van der Waals surface area contributed by atoms with Crippen LogP contribution in [0.25, 0.3) is 0 Å². The Hall–Kier alpha value is -1.33. The van der Waals surface area contributed by atoms with Crippen molar-refractivity contribution in [2.24, 2.45) is 15.9 Å². The monoisotopic (exact) mass is 305 g/mol. The summed E-state index contributed by atoms with van der Waals surface area (Å²) in [5, 5.41) is 8.58. The second-order valence-electron chi connectivity index (χ2n) is 5.08. The number of hydrogen-bond acceptors (Lipinski definition) is 5. The largest absolute Gasteiger partial charge is 0.377 e. The van der Waals surface area contributed by atoms with Gasteiger partial charge < -0.3 is 10.5 Å². The summed E-state index contributed by atoms with van der Waals surface area (Å²) in [5.74, 6) is 0.875. The average Bonchev–Trinajstić information content (AvgIpc) is 2.52. The second-order valence-corrected chi connectivity index (χ2v) is 6.07. The van der Waals surface area contributed by atoms with Gasteiger partial charge in [0.05, 0.1) is 12.3 Å². The van der Waals surface area contributed by atoms with Crippen molar-refractivity contribution >= 4 is 22.6 Å². The lowest BCUT2D eigenvalue weighted by Gasteiger charge is -2.09. The number of amidine groups is 1. The molecule has 2 N–H and O–H groups in total. The Morgan fingerprint density at radius 2 is 2.10 bits per heavy atom. The summed E-state index contributed by atoms with van der Waals surface area (Å²) < 4.78 is 5.73. The van der Waals surface area contributed by atoms with Crippen molar-refractivity contribution in [3.05, 3.63) is 35.4 Å². The predicted octanol–water partition coefficient (Wildman–Crippen LogP) is 3.35.